The summed E-state index contributed by atoms with van der Waals surface area (Å²) in [6.45, 7) is 0.712. The van der Waals surface area contributed by atoms with Gasteiger partial charge in [-0.3, -0.25) is 9.89 Å². The Balaban J connectivity index is 1.64. The van der Waals surface area contributed by atoms with Gasteiger partial charge in [0.2, 0.25) is 15.0 Å². The van der Waals surface area contributed by atoms with E-state index in [9.17, 15) is 13.2 Å². The number of piperidine rings is 1. The molecule has 8 nitrogen and oxygen atoms in total. The van der Waals surface area contributed by atoms with E-state index in [0.29, 0.717) is 18.9 Å². The number of aromatic amines is 1. The molecule has 0 bridgehead atoms. The molecule has 2 heterocycles. The topological polar surface area (TPSA) is 125 Å². The van der Waals surface area contributed by atoms with Crippen LogP contribution in [0.2, 0.25) is 0 Å². The number of sulfone groups is 1. The average Bonchev–Trinajstić information content (AvgIpc) is 3.01. The Morgan fingerprint density at radius 3 is 2.82 bits per heavy atom. The summed E-state index contributed by atoms with van der Waals surface area (Å²) >= 11 is 0. The second-order valence-corrected chi connectivity index (χ2v) is 8.26. The minimum Gasteiger partial charge on any atom is -0.480 e. The molecule has 3 N–H and O–H groups in total. The molecular weight excluding hydrogens is 308 g/mol. The van der Waals surface area contributed by atoms with Crippen LogP contribution in [0.1, 0.15) is 25.7 Å². The van der Waals surface area contributed by atoms with E-state index in [0.717, 1.165) is 19.3 Å². The van der Waals surface area contributed by atoms with Crippen LogP contribution in [0.15, 0.2) is 11.5 Å². The summed E-state index contributed by atoms with van der Waals surface area (Å²) in [6, 6.07) is -0.508. The number of carboxylic acids is 1. The lowest BCUT2D eigenvalue weighted by molar-refractivity contribution is -0.141. The van der Waals surface area contributed by atoms with Crippen LogP contribution in [0.5, 0.6) is 0 Å². The monoisotopic (exact) mass is 328 g/mol. The first-order chi connectivity index (χ1) is 10.5. The van der Waals surface area contributed by atoms with E-state index >= 15 is 0 Å². The highest BCUT2D eigenvalue weighted by Crippen LogP contribution is 2.39. The van der Waals surface area contributed by atoms with Gasteiger partial charge in [-0.15, -0.1) is 0 Å². The largest absolute Gasteiger partial charge is 0.480 e. The summed E-state index contributed by atoms with van der Waals surface area (Å²) in [7, 11) is -3.45. The summed E-state index contributed by atoms with van der Waals surface area (Å²) in [5.41, 5.74) is 0. The fourth-order valence-corrected chi connectivity index (χ4v) is 5.21. The Morgan fingerprint density at radius 1 is 1.32 bits per heavy atom. The van der Waals surface area contributed by atoms with Crippen molar-refractivity contribution in [2.45, 2.75) is 36.9 Å². The number of H-pyrrole nitrogens is 1. The number of fused-ring (bicyclic) bond motifs is 1. The quantitative estimate of drug-likeness (QED) is 0.713. The molecule has 1 aliphatic heterocycles. The fraction of sp³-hybridized carbons (Fsp3) is 0.769. The normalized spacial score (nSPS) is 32.4. The molecule has 1 aromatic rings. The number of carboxylic acid groups (broad SMARTS) is 1. The first-order valence-electron chi connectivity index (χ1n) is 7.50. The molecule has 0 spiro atoms. The highest BCUT2D eigenvalue weighted by Gasteiger charge is 2.39. The van der Waals surface area contributed by atoms with Gasteiger partial charge in [0, 0.05) is 0 Å². The minimum atomic E-state index is -3.45. The molecule has 4 atom stereocenters. The Kier molecular flexibility index (Phi) is 4.18. The van der Waals surface area contributed by atoms with E-state index in [2.05, 4.69) is 20.5 Å². The summed E-state index contributed by atoms with van der Waals surface area (Å²) < 4.78 is 24.5. The van der Waals surface area contributed by atoms with Crippen LogP contribution in [0.4, 0.5) is 0 Å². The van der Waals surface area contributed by atoms with Gasteiger partial charge >= 0.3 is 5.97 Å². The van der Waals surface area contributed by atoms with Crippen molar-refractivity contribution in [3.8, 4) is 0 Å². The number of nitrogens with zero attached hydrogens (tertiary/aromatic N) is 2. The van der Waals surface area contributed by atoms with E-state index in [1.807, 2.05) is 0 Å². The number of aromatic nitrogens is 3. The predicted molar refractivity (Wildman–Crippen MR) is 76.8 cm³/mol. The maximum atomic E-state index is 12.3. The van der Waals surface area contributed by atoms with Crippen LogP contribution in [0.3, 0.4) is 0 Å². The molecule has 0 radical (unpaired) electrons. The van der Waals surface area contributed by atoms with Crippen molar-refractivity contribution in [3.05, 3.63) is 6.33 Å². The van der Waals surface area contributed by atoms with E-state index in [-0.39, 0.29) is 22.7 Å². The summed E-state index contributed by atoms with van der Waals surface area (Å²) in [4.78, 5) is 14.8. The van der Waals surface area contributed by atoms with E-state index < -0.39 is 21.8 Å². The van der Waals surface area contributed by atoms with Gasteiger partial charge in [-0.05, 0) is 50.0 Å². The second kappa shape index (κ2) is 5.96. The molecule has 1 saturated carbocycles. The average molecular weight is 328 g/mol. The Labute approximate surface area is 128 Å². The number of nitrogens with one attached hydrogen (secondary N) is 2. The second-order valence-electron chi connectivity index (χ2n) is 6.31. The van der Waals surface area contributed by atoms with E-state index in [4.69, 9.17) is 5.11 Å². The van der Waals surface area contributed by atoms with Gasteiger partial charge in [0.25, 0.3) is 0 Å². The Bertz CT molecular complexity index is 630. The van der Waals surface area contributed by atoms with Crippen LogP contribution < -0.4 is 5.32 Å². The van der Waals surface area contributed by atoms with Crippen LogP contribution >= 0.6 is 0 Å². The summed E-state index contributed by atoms with van der Waals surface area (Å²) in [5.74, 6) is 0.0287. The Hall–Kier alpha value is -1.48. The van der Waals surface area contributed by atoms with Crippen molar-refractivity contribution in [1.29, 1.82) is 0 Å². The van der Waals surface area contributed by atoms with Gasteiger partial charge in [-0.2, -0.15) is 5.10 Å². The smallest absolute Gasteiger partial charge is 0.320 e. The van der Waals surface area contributed by atoms with Gasteiger partial charge in [0.05, 0.1) is 5.75 Å². The number of hydrogen-bond donors (Lipinski definition) is 3. The van der Waals surface area contributed by atoms with Gasteiger partial charge in [0.1, 0.15) is 12.4 Å². The summed E-state index contributed by atoms with van der Waals surface area (Å²) in [5, 5.41) is 18.1. The third-order valence-corrected chi connectivity index (χ3v) is 6.55. The van der Waals surface area contributed by atoms with Crippen LogP contribution in [0.25, 0.3) is 0 Å². The van der Waals surface area contributed by atoms with Crippen molar-refractivity contribution in [1.82, 2.24) is 20.5 Å². The lowest BCUT2D eigenvalue weighted by Crippen LogP contribution is -2.49. The van der Waals surface area contributed by atoms with Gasteiger partial charge < -0.3 is 10.4 Å². The van der Waals surface area contributed by atoms with Crippen molar-refractivity contribution in [2.75, 3.05) is 12.3 Å². The number of rotatable bonds is 4. The minimum absolute atomic E-state index is 0.0522. The van der Waals surface area contributed by atoms with Gasteiger partial charge in [-0.1, -0.05) is 0 Å². The molecule has 1 saturated heterocycles. The lowest BCUT2D eigenvalue weighted by atomic mass is 9.70. The molecule has 1 aliphatic carbocycles. The van der Waals surface area contributed by atoms with Crippen LogP contribution in [0, 0.1) is 17.8 Å². The first kappa shape index (κ1) is 15.4. The number of aliphatic carboxylic acids is 1. The van der Waals surface area contributed by atoms with Gasteiger partial charge in [0.15, 0.2) is 0 Å². The molecule has 2 aliphatic rings. The Morgan fingerprint density at radius 2 is 2.14 bits per heavy atom. The maximum Gasteiger partial charge on any atom is 0.320 e. The summed E-state index contributed by atoms with van der Waals surface area (Å²) in [6.07, 6.45) is 4.34. The van der Waals surface area contributed by atoms with Crippen molar-refractivity contribution in [2.24, 2.45) is 17.8 Å². The standard InChI is InChI=1S/C13H20N4O4S/c18-12(19)11-4-10-3-8(1-2-9(10)5-14-11)6-22(20,21)13-15-7-16-17-13/h7-11,14H,1-6H2,(H,18,19)(H,15,16,17)/t8-,9-,10+,11-/m1/s1. The fourth-order valence-electron chi connectivity index (χ4n) is 3.73. The molecule has 1 aromatic heterocycles. The van der Waals surface area contributed by atoms with Crippen molar-refractivity contribution >= 4 is 15.8 Å². The molecular formula is C13H20N4O4S. The number of hydrogen-bond acceptors (Lipinski definition) is 6. The number of carbonyl (C=O) groups is 1. The van der Waals surface area contributed by atoms with E-state index in [1.54, 1.807) is 0 Å². The van der Waals surface area contributed by atoms with Gasteiger partial charge in [-0.25, -0.2) is 13.4 Å². The molecule has 0 amide bonds. The van der Waals surface area contributed by atoms with Crippen molar-refractivity contribution in [3.63, 3.8) is 0 Å². The maximum absolute atomic E-state index is 12.3. The van der Waals surface area contributed by atoms with Crippen molar-refractivity contribution < 1.29 is 18.3 Å². The third kappa shape index (κ3) is 3.14. The van der Waals surface area contributed by atoms with Crippen LogP contribution in [-0.2, 0) is 14.6 Å². The third-order valence-electron chi connectivity index (χ3n) is 4.85. The SMILES string of the molecule is O=C(O)[C@H]1C[C@@H]2C[C@H](CS(=O)(=O)c3ncn[nH]3)CC[C@@H]2CN1. The zero-order valence-electron chi connectivity index (χ0n) is 12.1. The zero-order valence-corrected chi connectivity index (χ0v) is 12.9. The predicted octanol–water partition coefficient (Wildman–Crippen LogP) is 0.0574. The molecule has 2 fully saturated rings. The molecule has 0 aromatic carbocycles. The highest BCUT2D eigenvalue weighted by molar-refractivity contribution is 7.91. The zero-order chi connectivity index (χ0) is 15.7. The van der Waals surface area contributed by atoms with E-state index in [1.165, 1.54) is 6.33 Å². The molecule has 122 valence electrons. The lowest BCUT2D eigenvalue weighted by Gasteiger charge is -2.41. The molecule has 22 heavy (non-hydrogen) atoms. The molecule has 3 rings (SSSR count). The van der Waals surface area contributed by atoms with Crippen LogP contribution in [-0.4, -0.2) is 53.0 Å². The highest BCUT2D eigenvalue weighted by atomic mass is 32.2. The molecule has 0 unspecified atom stereocenters. The first-order valence-corrected chi connectivity index (χ1v) is 9.15. The molecule has 9 heteroatoms.